The lowest BCUT2D eigenvalue weighted by Gasteiger charge is -2.22. The van der Waals surface area contributed by atoms with Gasteiger partial charge in [0.05, 0.1) is 5.56 Å². The fourth-order valence-electron chi connectivity index (χ4n) is 2.40. The molecule has 0 aliphatic rings. The van der Waals surface area contributed by atoms with Crippen molar-refractivity contribution in [3.8, 4) is 0 Å². The Hall–Kier alpha value is -1.03. The van der Waals surface area contributed by atoms with Gasteiger partial charge >= 0.3 is 6.18 Å². The normalized spacial score (nSPS) is 13.8. The summed E-state index contributed by atoms with van der Waals surface area (Å²) in [5, 5.41) is 3.36. The van der Waals surface area contributed by atoms with Gasteiger partial charge in [0.1, 0.15) is 0 Å². The summed E-state index contributed by atoms with van der Waals surface area (Å²) in [7, 11) is 0. The van der Waals surface area contributed by atoms with Crippen LogP contribution >= 0.6 is 0 Å². The van der Waals surface area contributed by atoms with Gasteiger partial charge in [0, 0.05) is 6.04 Å². The Kier molecular flexibility index (Phi) is 6.53. The fraction of sp³-hybridized carbons (Fsp3) is 0.625. The number of rotatable bonds is 7. The van der Waals surface area contributed by atoms with E-state index >= 15 is 0 Å². The van der Waals surface area contributed by atoms with Gasteiger partial charge < -0.3 is 5.32 Å². The van der Waals surface area contributed by atoms with Gasteiger partial charge in [-0.3, -0.25) is 0 Å². The quantitative estimate of drug-likeness (QED) is 0.769. The molecule has 0 radical (unpaired) electrons. The van der Waals surface area contributed by atoms with E-state index in [1.807, 2.05) is 0 Å². The third kappa shape index (κ3) is 5.53. The largest absolute Gasteiger partial charge is 0.416 e. The molecular weight excluding hydrogens is 263 g/mol. The molecule has 20 heavy (non-hydrogen) atoms. The molecule has 0 amide bonds. The number of alkyl halides is 3. The van der Waals surface area contributed by atoms with Crippen LogP contribution in [0.25, 0.3) is 0 Å². The van der Waals surface area contributed by atoms with Crippen molar-refractivity contribution in [2.45, 2.75) is 52.3 Å². The van der Waals surface area contributed by atoms with Crippen molar-refractivity contribution in [1.82, 2.24) is 5.32 Å². The Morgan fingerprint density at radius 2 is 1.80 bits per heavy atom. The molecule has 1 atom stereocenters. The zero-order valence-corrected chi connectivity index (χ0v) is 12.4. The van der Waals surface area contributed by atoms with Crippen LogP contribution < -0.4 is 5.32 Å². The average molecular weight is 287 g/mol. The summed E-state index contributed by atoms with van der Waals surface area (Å²) in [4.78, 5) is 0. The molecule has 0 bridgehead atoms. The summed E-state index contributed by atoms with van der Waals surface area (Å²) in [5.74, 6) is 0.461. The van der Waals surface area contributed by atoms with E-state index in [2.05, 4.69) is 26.1 Å². The first-order chi connectivity index (χ1) is 9.34. The molecule has 0 fully saturated rings. The van der Waals surface area contributed by atoms with Crippen LogP contribution in [-0.4, -0.2) is 12.6 Å². The van der Waals surface area contributed by atoms with Gasteiger partial charge in [-0.25, -0.2) is 0 Å². The minimum atomic E-state index is -4.27. The lowest BCUT2D eigenvalue weighted by atomic mass is 9.94. The number of halogens is 3. The maximum Gasteiger partial charge on any atom is 0.416 e. The third-order valence-electron chi connectivity index (χ3n) is 3.23. The highest BCUT2D eigenvalue weighted by molar-refractivity contribution is 5.30. The minimum Gasteiger partial charge on any atom is -0.314 e. The molecule has 0 aliphatic carbocycles. The molecule has 0 spiro atoms. The molecule has 1 unspecified atom stereocenters. The van der Waals surface area contributed by atoms with Crippen molar-refractivity contribution < 1.29 is 13.2 Å². The molecule has 1 nitrogen and oxygen atoms in total. The van der Waals surface area contributed by atoms with E-state index in [4.69, 9.17) is 0 Å². The number of nitrogens with one attached hydrogen (secondary N) is 1. The molecule has 1 aromatic rings. The number of hydrogen-bond acceptors (Lipinski definition) is 1. The summed E-state index contributed by atoms with van der Waals surface area (Å²) in [6, 6.07) is 5.98. The molecular formula is C16H24F3N. The van der Waals surface area contributed by atoms with Crippen molar-refractivity contribution in [1.29, 1.82) is 0 Å². The first-order valence-electron chi connectivity index (χ1n) is 7.23. The molecule has 4 heteroatoms. The van der Waals surface area contributed by atoms with Gasteiger partial charge in [0.15, 0.2) is 0 Å². The fourth-order valence-corrected chi connectivity index (χ4v) is 2.40. The van der Waals surface area contributed by atoms with Crippen LogP contribution in [0.3, 0.4) is 0 Å². The Balaban J connectivity index is 2.87. The predicted octanol–water partition coefficient (Wildman–Crippen LogP) is 4.66. The average Bonchev–Trinajstić information content (AvgIpc) is 2.34. The Morgan fingerprint density at radius 1 is 1.15 bits per heavy atom. The molecule has 114 valence electrons. The maximum atomic E-state index is 13.0. The Bertz CT molecular complexity index is 399. The third-order valence-corrected chi connectivity index (χ3v) is 3.23. The van der Waals surface area contributed by atoms with Crippen LogP contribution in [0.1, 0.15) is 44.7 Å². The monoisotopic (exact) mass is 287 g/mol. The van der Waals surface area contributed by atoms with Gasteiger partial charge in [-0.1, -0.05) is 39.0 Å². The molecule has 0 heterocycles. The van der Waals surface area contributed by atoms with Crippen molar-refractivity contribution in [3.63, 3.8) is 0 Å². The van der Waals surface area contributed by atoms with Crippen LogP contribution in [-0.2, 0) is 12.6 Å². The topological polar surface area (TPSA) is 12.0 Å². The highest BCUT2D eigenvalue weighted by Crippen LogP contribution is 2.32. The lowest BCUT2D eigenvalue weighted by molar-refractivity contribution is -0.138. The second-order valence-corrected chi connectivity index (χ2v) is 5.64. The van der Waals surface area contributed by atoms with Gasteiger partial charge in [-0.05, 0) is 43.4 Å². The lowest BCUT2D eigenvalue weighted by Crippen LogP contribution is -2.33. The standard InChI is InChI=1S/C16H24F3N/c1-4-9-20-14(10-12(2)3)11-13-7-5-6-8-15(13)16(17,18)19/h5-8,12,14,20H,4,9-11H2,1-3H3. The van der Waals surface area contributed by atoms with Crippen LogP contribution in [0.15, 0.2) is 24.3 Å². The molecule has 0 saturated heterocycles. The SMILES string of the molecule is CCCNC(Cc1ccccc1C(F)(F)F)CC(C)C. The van der Waals surface area contributed by atoms with Crippen LogP contribution in [0.4, 0.5) is 13.2 Å². The van der Waals surface area contributed by atoms with E-state index in [0.29, 0.717) is 17.9 Å². The van der Waals surface area contributed by atoms with Gasteiger partial charge in [-0.2, -0.15) is 13.2 Å². The summed E-state index contributed by atoms with van der Waals surface area (Å²) in [5.41, 5.74) is -0.124. The summed E-state index contributed by atoms with van der Waals surface area (Å²) in [6.07, 6.45) is -1.99. The first-order valence-corrected chi connectivity index (χ1v) is 7.23. The van der Waals surface area contributed by atoms with E-state index in [-0.39, 0.29) is 6.04 Å². The van der Waals surface area contributed by atoms with Gasteiger partial charge in [-0.15, -0.1) is 0 Å². The van der Waals surface area contributed by atoms with E-state index in [1.165, 1.54) is 12.1 Å². The van der Waals surface area contributed by atoms with Crippen molar-refractivity contribution in [2.24, 2.45) is 5.92 Å². The van der Waals surface area contributed by atoms with Crippen molar-refractivity contribution in [3.05, 3.63) is 35.4 Å². The smallest absolute Gasteiger partial charge is 0.314 e. The predicted molar refractivity (Wildman–Crippen MR) is 76.7 cm³/mol. The summed E-state index contributed by atoms with van der Waals surface area (Å²) in [6.45, 7) is 7.08. The highest BCUT2D eigenvalue weighted by Gasteiger charge is 2.33. The van der Waals surface area contributed by atoms with Gasteiger partial charge in [0.25, 0.3) is 0 Å². The second kappa shape index (κ2) is 7.67. The van der Waals surface area contributed by atoms with E-state index in [0.717, 1.165) is 19.4 Å². The second-order valence-electron chi connectivity index (χ2n) is 5.64. The Labute approximate surface area is 119 Å². The molecule has 1 N–H and O–H groups in total. The van der Waals surface area contributed by atoms with Crippen molar-refractivity contribution in [2.75, 3.05) is 6.54 Å². The van der Waals surface area contributed by atoms with Crippen LogP contribution in [0, 0.1) is 5.92 Å². The van der Waals surface area contributed by atoms with Gasteiger partial charge in [0.2, 0.25) is 0 Å². The summed E-state index contributed by atoms with van der Waals surface area (Å²) < 4.78 is 39.0. The molecule has 0 aromatic heterocycles. The first kappa shape index (κ1) is 17.0. The number of benzene rings is 1. The van der Waals surface area contributed by atoms with Crippen LogP contribution in [0.2, 0.25) is 0 Å². The van der Waals surface area contributed by atoms with Crippen LogP contribution in [0.5, 0.6) is 0 Å². The molecule has 0 aliphatic heterocycles. The Morgan fingerprint density at radius 3 is 2.35 bits per heavy atom. The van der Waals surface area contributed by atoms with E-state index in [9.17, 15) is 13.2 Å². The van der Waals surface area contributed by atoms with E-state index in [1.54, 1.807) is 12.1 Å². The number of hydrogen-bond donors (Lipinski definition) is 1. The molecule has 1 rings (SSSR count). The molecule has 0 saturated carbocycles. The zero-order chi connectivity index (χ0) is 15.2. The summed E-state index contributed by atoms with van der Waals surface area (Å²) >= 11 is 0. The van der Waals surface area contributed by atoms with E-state index < -0.39 is 11.7 Å². The zero-order valence-electron chi connectivity index (χ0n) is 12.4. The minimum absolute atomic E-state index is 0.0958. The molecule has 1 aromatic carbocycles. The highest BCUT2D eigenvalue weighted by atomic mass is 19.4. The maximum absolute atomic E-state index is 13.0. The van der Waals surface area contributed by atoms with Crippen molar-refractivity contribution >= 4 is 0 Å².